The summed E-state index contributed by atoms with van der Waals surface area (Å²) < 4.78 is 13.6. The lowest BCUT2D eigenvalue weighted by molar-refractivity contribution is -0.856. The molecule has 1 aromatic carbocycles. The Labute approximate surface area is 334 Å². The van der Waals surface area contributed by atoms with Crippen LogP contribution in [-0.4, -0.2) is 132 Å². The van der Waals surface area contributed by atoms with Crippen molar-refractivity contribution in [1.29, 1.82) is 0 Å². The lowest BCUT2D eigenvalue weighted by Crippen LogP contribution is -3.11. The number of ether oxygens (including phenoxy) is 1. The van der Waals surface area contributed by atoms with Crippen molar-refractivity contribution in [1.82, 2.24) is 10.6 Å². The Kier molecular flexibility index (Phi) is 11.4. The van der Waals surface area contributed by atoms with Crippen LogP contribution in [-0.2, 0) is 21.0 Å². The van der Waals surface area contributed by atoms with Crippen molar-refractivity contribution in [2.45, 2.75) is 74.6 Å². The summed E-state index contributed by atoms with van der Waals surface area (Å²) in [6.07, 6.45) is 6.74. The molecule has 0 radical (unpaired) electrons. The third kappa shape index (κ3) is 7.51. The molecule has 9 atom stereocenters. The van der Waals surface area contributed by atoms with Crippen molar-refractivity contribution in [3.63, 3.8) is 0 Å². The zero-order valence-electron chi connectivity index (χ0n) is 32.6. The van der Waals surface area contributed by atoms with Gasteiger partial charge in [0.15, 0.2) is 22.5 Å². The van der Waals surface area contributed by atoms with Crippen LogP contribution in [0.2, 0.25) is 0 Å². The number of nitrogens with one attached hydrogen (secondary N) is 4. The number of aryl methyl sites for hydroxylation is 1. The average Bonchev–Trinajstić information content (AvgIpc) is 4.05. The molecule has 1 fully saturated rings. The number of carbonyl (C=O) groups excluding carboxylic acids is 1. The number of benzene rings is 1. The SMILES string of the molecule is CNCCC1(CCC2CNC(=O)C2)Oc2c(cc3c(=O)cc(C)oc3c2[NH+]2C=C3N=CC=C3C2)CC1OOCC(O)C(O)(C[NH+]1CC=C2N=CC=C21)C(O)C(O)CO. The molecule has 0 spiro atoms. The monoisotopic (exact) mass is 804 g/mol. The van der Waals surface area contributed by atoms with Crippen LogP contribution in [0.3, 0.4) is 0 Å². The van der Waals surface area contributed by atoms with Gasteiger partial charge in [-0.2, -0.15) is 0 Å². The van der Waals surface area contributed by atoms with Gasteiger partial charge >= 0.3 is 0 Å². The second-order valence-electron chi connectivity index (χ2n) is 16.2. The van der Waals surface area contributed by atoms with E-state index < -0.39 is 48.8 Å². The molecule has 2 aromatic rings. The lowest BCUT2D eigenvalue weighted by atomic mass is 9.79. The number of aliphatic hydroxyl groups excluding tert-OH is 4. The molecular weight excluding hydrogens is 752 g/mol. The van der Waals surface area contributed by atoms with Crippen molar-refractivity contribution in [2.75, 3.05) is 53.0 Å². The summed E-state index contributed by atoms with van der Waals surface area (Å²) in [5.41, 5.74) is 1.48. The number of hydrogen-bond donors (Lipinski definition) is 9. The fourth-order valence-electron chi connectivity index (χ4n) is 9.05. The van der Waals surface area contributed by atoms with E-state index in [-0.39, 0.29) is 30.2 Å². The minimum absolute atomic E-state index is 0.0119. The first-order valence-electron chi connectivity index (χ1n) is 19.9. The van der Waals surface area contributed by atoms with E-state index in [1.807, 2.05) is 25.4 Å². The molecule has 6 aliphatic rings. The summed E-state index contributed by atoms with van der Waals surface area (Å²) in [6.45, 7) is 2.02. The number of aliphatic hydroxyl groups is 5. The molecule has 8 rings (SSSR count). The molecule has 6 aliphatic heterocycles. The first kappa shape index (κ1) is 40.4. The maximum absolute atomic E-state index is 13.5. The number of fused-ring (bicyclic) bond motifs is 4. The third-order valence-corrected chi connectivity index (χ3v) is 12.3. The van der Waals surface area contributed by atoms with E-state index in [0.717, 1.165) is 27.6 Å². The van der Waals surface area contributed by atoms with Gasteiger partial charge in [0.1, 0.15) is 79.6 Å². The van der Waals surface area contributed by atoms with E-state index in [1.165, 1.54) is 6.07 Å². The molecular formula is C41H52N6O11+2. The highest BCUT2D eigenvalue weighted by atomic mass is 17.2. The Balaban J connectivity index is 1.13. The number of carbonyl (C=O) groups is 1. The van der Waals surface area contributed by atoms with Gasteiger partial charge in [-0.1, -0.05) is 0 Å². The predicted molar refractivity (Wildman–Crippen MR) is 210 cm³/mol. The zero-order chi connectivity index (χ0) is 40.8. The van der Waals surface area contributed by atoms with Crippen LogP contribution in [0.5, 0.6) is 5.75 Å². The molecule has 0 bridgehead atoms. The first-order valence-corrected chi connectivity index (χ1v) is 19.9. The molecule has 1 saturated heterocycles. The van der Waals surface area contributed by atoms with Crippen LogP contribution in [0.4, 0.5) is 5.69 Å². The fourth-order valence-corrected chi connectivity index (χ4v) is 9.05. The quantitative estimate of drug-likeness (QED) is 0.0600. The molecule has 17 heteroatoms. The van der Waals surface area contributed by atoms with Gasteiger partial charge < -0.3 is 45.3 Å². The third-order valence-electron chi connectivity index (χ3n) is 12.3. The average molecular weight is 805 g/mol. The summed E-state index contributed by atoms with van der Waals surface area (Å²) in [4.78, 5) is 48.3. The molecule has 0 aliphatic carbocycles. The van der Waals surface area contributed by atoms with Crippen molar-refractivity contribution in [3.05, 3.63) is 80.8 Å². The van der Waals surface area contributed by atoms with E-state index in [9.17, 15) is 35.1 Å². The van der Waals surface area contributed by atoms with Crippen LogP contribution in [0.15, 0.2) is 78.4 Å². The van der Waals surface area contributed by atoms with Gasteiger partial charge in [-0.05, 0) is 51.4 Å². The van der Waals surface area contributed by atoms with Crippen LogP contribution in [0.1, 0.15) is 37.0 Å². The summed E-state index contributed by atoms with van der Waals surface area (Å²) in [6, 6.07) is 3.22. The van der Waals surface area contributed by atoms with E-state index in [0.29, 0.717) is 90.5 Å². The normalized spacial score (nSPS) is 28.2. The number of allylic oxidation sites excluding steroid dienone is 2. The van der Waals surface area contributed by atoms with Crippen LogP contribution in [0, 0.1) is 12.8 Å². The predicted octanol–water partition coefficient (Wildman–Crippen LogP) is -2.44. The standard InChI is InChI=1S/C41H50N6O11/c1-23-13-31(49)27-15-26-16-34(58-55-21-33(51)41(54,39(53)32(50)20-48)22-46-12-6-28-30(46)5-10-43-28)40(8-11-42-2,7-3-24-14-35(52)45-17-24)57-37(26)36(38(27)56-23)47-18-25-4-9-44-29(25)19-47/h4-6,9-10,13,15,19,24,32-34,39,42,48,50-51,53-54H,3,7-8,11-12,14,16-18,20-22H2,1-2H3,(H,45,52)/p+2. The Hall–Kier alpha value is -4.40. The van der Waals surface area contributed by atoms with Crippen LogP contribution >= 0.6 is 0 Å². The van der Waals surface area contributed by atoms with Gasteiger partial charge in [-0.15, -0.1) is 0 Å². The first-order chi connectivity index (χ1) is 27.9. The molecule has 7 heterocycles. The van der Waals surface area contributed by atoms with Crippen LogP contribution in [0.25, 0.3) is 11.0 Å². The Bertz CT molecular complexity index is 2200. The molecule has 310 valence electrons. The zero-order valence-corrected chi connectivity index (χ0v) is 32.6. The Morgan fingerprint density at radius 1 is 1.12 bits per heavy atom. The van der Waals surface area contributed by atoms with E-state index in [1.54, 1.807) is 31.5 Å². The number of rotatable bonds is 17. The summed E-state index contributed by atoms with van der Waals surface area (Å²) in [7, 11) is 1.83. The number of nitrogens with zero attached hydrogens (tertiary/aromatic N) is 2. The second kappa shape index (κ2) is 16.3. The molecule has 1 aromatic heterocycles. The number of aliphatic imine (C=N–C) groups is 2. The Morgan fingerprint density at radius 3 is 2.69 bits per heavy atom. The minimum atomic E-state index is -2.36. The van der Waals surface area contributed by atoms with E-state index in [2.05, 4.69) is 20.6 Å². The number of amides is 1. The summed E-state index contributed by atoms with van der Waals surface area (Å²) >= 11 is 0. The van der Waals surface area contributed by atoms with Gasteiger partial charge in [0.25, 0.3) is 0 Å². The summed E-state index contributed by atoms with van der Waals surface area (Å²) in [5.74, 6) is 1.05. The van der Waals surface area contributed by atoms with Crippen molar-refractivity contribution in [3.8, 4) is 5.75 Å². The second-order valence-corrected chi connectivity index (χ2v) is 16.2. The molecule has 0 saturated carbocycles. The molecule has 1 amide bonds. The smallest absolute Gasteiger partial charge is 0.222 e. The van der Waals surface area contributed by atoms with Gasteiger partial charge in [0.05, 0.1) is 12.0 Å². The topological polar surface area (TPSA) is 234 Å². The van der Waals surface area contributed by atoms with Gasteiger partial charge in [0.2, 0.25) is 17.2 Å². The van der Waals surface area contributed by atoms with Crippen molar-refractivity contribution < 1.29 is 59.1 Å². The van der Waals surface area contributed by atoms with E-state index in [4.69, 9.17) is 18.9 Å². The minimum Gasteiger partial charge on any atom is -0.478 e. The van der Waals surface area contributed by atoms with Crippen molar-refractivity contribution >= 4 is 35.0 Å². The maximum Gasteiger partial charge on any atom is 0.222 e. The maximum atomic E-state index is 13.5. The lowest BCUT2D eigenvalue weighted by Gasteiger charge is -2.45. The van der Waals surface area contributed by atoms with Crippen molar-refractivity contribution in [2.24, 2.45) is 15.9 Å². The molecule has 17 nitrogen and oxygen atoms in total. The highest BCUT2D eigenvalue weighted by molar-refractivity contribution is 5.90. The fraction of sp³-hybridized carbons (Fsp3) is 0.512. The largest absolute Gasteiger partial charge is 0.478 e. The molecule has 9 N–H and O–H groups in total. The van der Waals surface area contributed by atoms with Crippen LogP contribution < -0.4 is 30.6 Å². The van der Waals surface area contributed by atoms with Gasteiger partial charge in [-0.25, -0.2) is 9.78 Å². The molecule has 9 unspecified atom stereocenters. The summed E-state index contributed by atoms with van der Waals surface area (Å²) in [5, 5.41) is 61.3. The van der Waals surface area contributed by atoms with Gasteiger partial charge in [-0.3, -0.25) is 29.4 Å². The van der Waals surface area contributed by atoms with Gasteiger partial charge in [0, 0.05) is 67.6 Å². The molecule has 58 heavy (non-hydrogen) atoms. The number of hydrogen-bond acceptors (Lipinski definition) is 14. The highest BCUT2D eigenvalue weighted by Crippen LogP contribution is 2.46. The number of quaternary nitrogens is 2. The highest BCUT2D eigenvalue weighted by Gasteiger charge is 2.53. The Morgan fingerprint density at radius 2 is 1.93 bits per heavy atom. The van der Waals surface area contributed by atoms with E-state index >= 15 is 0 Å².